The lowest BCUT2D eigenvalue weighted by Gasteiger charge is -2.22. The van der Waals surface area contributed by atoms with Gasteiger partial charge in [0.1, 0.15) is 24.1 Å². The van der Waals surface area contributed by atoms with Gasteiger partial charge in [-0.15, -0.1) is 0 Å². The molecule has 1 aromatic carbocycles. The lowest BCUT2D eigenvalue weighted by Crippen LogP contribution is -2.35. The van der Waals surface area contributed by atoms with Crippen LogP contribution in [0.25, 0.3) is 10.9 Å². The van der Waals surface area contributed by atoms with E-state index in [2.05, 4.69) is 10.3 Å². The molecule has 0 bridgehead atoms. The summed E-state index contributed by atoms with van der Waals surface area (Å²) in [4.78, 5) is 15.7. The Balaban J connectivity index is 1.79. The third-order valence-corrected chi connectivity index (χ3v) is 3.26. The van der Waals surface area contributed by atoms with Crippen molar-refractivity contribution in [2.75, 3.05) is 13.3 Å². The van der Waals surface area contributed by atoms with Gasteiger partial charge < -0.3 is 14.8 Å². The van der Waals surface area contributed by atoms with E-state index in [1.807, 2.05) is 30.3 Å². The van der Waals surface area contributed by atoms with E-state index in [1.165, 1.54) is 0 Å². The summed E-state index contributed by atoms with van der Waals surface area (Å²) in [5, 5.41) is 3.71. The van der Waals surface area contributed by atoms with Gasteiger partial charge in [0.2, 0.25) is 5.91 Å². The molecule has 5 heteroatoms. The maximum absolute atomic E-state index is 11.4. The highest BCUT2D eigenvalue weighted by atomic mass is 16.5. The van der Waals surface area contributed by atoms with Crippen LogP contribution in [0.2, 0.25) is 0 Å². The Labute approximate surface area is 116 Å². The lowest BCUT2D eigenvalue weighted by atomic mass is 10.1. The van der Waals surface area contributed by atoms with E-state index in [0.717, 1.165) is 16.7 Å². The van der Waals surface area contributed by atoms with Crippen molar-refractivity contribution in [1.82, 2.24) is 10.3 Å². The third-order valence-electron chi connectivity index (χ3n) is 3.26. The monoisotopic (exact) mass is 272 g/mol. The Morgan fingerprint density at radius 3 is 3.15 bits per heavy atom. The zero-order valence-corrected chi connectivity index (χ0v) is 11.0. The van der Waals surface area contributed by atoms with E-state index in [0.29, 0.717) is 19.4 Å². The minimum atomic E-state index is -0.131. The summed E-state index contributed by atoms with van der Waals surface area (Å²) in [6.45, 7) is 0.704. The standard InChI is InChI=1S/C15H16N2O3/c18-14-7-6-12(9-19-10-17-14)20-13-5-1-3-11-4-2-8-16-15(11)13/h1-5,8,12H,6-7,9-10H2,(H,17,18). The molecule has 0 aliphatic carbocycles. The van der Waals surface area contributed by atoms with Crippen molar-refractivity contribution in [3.8, 4) is 5.75 Å². The number of hydrogen-bond acceptors (Lipinski definition) is 4. The van der Waals surface area contributed by atoms with E-state index >= 15 is 0 Å². The predicted molar refractivity (Wildman–Crippen MR) is 74.4 cm³/mol. The Hall–Kier alpha value is -2.14. The van der Waals surface area contributed by atoms with E-state index < -0.39 is 0 Å². The summed E-state index contributed by atoms with van der Waals surface area (Å²) < 4.78 is 11.3. The van der Waals surface area contributed by atoms with Crippen molar-refractivity contribution in [2.45, 2.75) is 18.9 Å². The van der Waals surface area contributed by atoms with Crippen molar-refractivity contribution < 1.29 is 14.3 Å². The number of carbonyl (C=O) groups is 1. The fourth-order valence-electron chi connectivity index (χ4n) is 2.23. The first-order valence-corrected chi connectivity index (χ1v) is 6.68. The number of benzene rings is 1. The van der Waals surface area contributed by atoms with Crippen LogP contribution in [0.1, 0.15) is 12.8 Å². The smallest absolute Gasteiger partial charge is 0.221 e. The highest BCUT2D eigenvalue weighted by Gasteiger charge is 2.17. The molecule has 104 valence electrons. The number of rotatable bonds is 2. The van der Waals surface area contributed by atoms with Gasteiger partial charge in [-0.2, -0.15) is 0 Å². The van der Waals surface area contributed by atoms with Crippen LogP contribution in [0, 0.1) is 0 Å². The van der Waals surface area contributed by atoms with Crippen molar-refractivity contribution in [3.63, 3.8) is 0 Å². The molecule has 0 radical (unpaired) electrons. The second kappa shape index (κ2) is 5.88. The number of amides is 1. The molecule has 1 aliphatic rings. The lowest BCUT2D eigenvalue weighted by molar-refractivity contribution is -0.125. The second-order valence-electron chi connectivity index (χ2n) is 4.72. The number of para-hydroxylation sites is 1. The molecule has 1 fully saturated rings. The molecule has 5 nitrogen and oxygen atoms in total. The zero-order chi connectivity index (χ0) is 13.8. The molecular formula is C15H16N2O3. The highest BCUT2D eigenvalue weighted by Crippen LogP contribution is 2.25. The summed E-state index contributed by atoms with van der Waals surface area (Å²) in [6, 6.07) is 9.73. The van der Waals surface area contributed by atoms with Gasteiger partial charge in [0.05, 0.1) is 6.61 Å². The van der Waals surface area contributed by atoms with Gasteiger partial charge in [-0.25, -0.2) is 0 Å². The molecule has 1 atom stereocenters. The summed E-state index contributed by atoms with van der Waals surface area (Å²) in [5.41, 5.74) is 0.835. The summed E-state index contributed by atoms with van der Waals surface area (Å²) >= 11 is 0. The van der Waals surface area contributed by atoms with E-state index in [1.54, 1.807) is 6.20 Å². The fraction of sp³-hybridized carbons (Fsp3) is 0.333. The van der Waals surface area contributed by atoms with Crippen molar-refractivity contribution >= 4 is 16.8 Å². The molecule has 2 heterocycles. The zero-order valence-electron chi connectivity index (χ0n) is 11.0. The summed E-state index contributed by atoms with van der Waals surface area (Å²) in [7, 11) is 0. The molecule has 1 saturated heterocycles. The van der Waals surface area contributed by atoms with Gasteiger partial charge in [-0.05, 0) is 18.6 Å². The maximum Gasteiger partial charge on any atom is 0.221 e. The van der Waals surface area contributed by atoms with Crippen LogP contribution in [0.4, 0.5) is 0 Å². The summed E-state index contributed by atoms with van der Waals surface area (Å²) in [6.07, 6.45) is 2.70. The quantitative estimate of drug-likeness (QED) is 0.906. The molecular weight excluding hydrogens is 256 g/mol. The maximum atomic E-state index is 11.4. The molecule has 3 rings (SSSR count). The average Bonchev–Trinajstić information content (AvgIpc) is 2.47. The van der Waals surface area contributed by atoms with Gasteiger partial charge in [0.25, 0.3) is 0 Å². The molecule has 1 amide bonds. The molecule has 1 aromatic heterocycles. The first-order chi connectivity index (χ1) is 9.83. The Bertz CT molecular complexity index is 610. The third kappa shape index (κ3) is 2.88. The molecule has 1 aliphatic heterocycles. The Kier molecular flexibility index (Phi) is 3.78. The van der Waals surface area contributed by atoms with E-state index in [4.69, 9.17) is 9.47 Å². The van der Waals surface area contributed by atoms with Gasteiger partial charge in [0.15, 0.2) is 0 Å². The first-order valence-electron chi connectivity index (χ1n) is 6.68. The van der Waals surface area contributed by atoms with Crippen LogP contribution >= 0.6 is 0 Å². The Morgan fingerprint density at radius 1 is 1.30 bits per heavy atom. The topological polar surface area (TPSA) is 60.5 Å². The number of hydrogen-bond donors (Lipinski definition) is 1. The van der Waals surface area contributed by atoms with Gasteiger partial charge >= 0.3 is 0 Å². The average molecular weight is 272 g/mol. The minimum absolute atomic E-state index is 0.00524. The van der Waals surface area contributed by atoms with Crippen molar-refractivity contribution in [1.29, 1.82) is 0 Å². The minimum Gasteiger partial charge on any atom is -0.486 e. The van der Waals surface area contributed by atoms with Gasteiger partial charge in [-0.1, -0.05) is 18.2 Å². The molecule has 20 heavy (non-hydrogen) atoms. The fourth-order valence-corrected chi connectivity index (χ4v) is 2.23. The van der Waals surface area contributed by atoms with E-state index in [-0.39, 0.29) is 18.7 Å². The molecule has 0 spiro atoms. The van der Waals surface area contributed by atoms with Crippen LogP contribution in [0.5, 0.6) is 5.75 Å². The molecule has 1 unspecified atom stereocenters. The van der Waals surface area contributed by atoms with Crippen LogP contribution in [0.15, 0.2) is 36.5 Å². The number of ether oxygens (including phenoxy) is 2. The van der Waals surface area contributed by atoms with Crippen LogP contribution in [-0.4, -0.2) is 30.3 Å². The normalized spacial score (nSPS) is 20.0. The van der Waals surface area contributed by atoms with Crippen LogP contribution < -0.4 is 10.1 Å². The molecule has 0 saturated carbocycles. The van der Waals surface area contributed by atoms with E-state index in [9.17, 15) is 4.79 Å². The second-order valence-corrected chi connectivity index (χ2v) is 4.72. The number of carbonyl (C=O) groups excluding carboxylic acids is 1. The number of fused-ring (bicyclic) bond motifs is 1. The van der Waals surface area contributed by atoms with Crippen LogP contribution in [0.3, 0.4) is 0 Å². The number of nitrogens with one attached hydrogen (secondary N) is 1. The predicted octanol–water partition coefficient (Wildman–Crippen LogP) is 1.87. The number of pyridine rings is 1. The molecule has 1 N–H and O–H groups in total. The van der Waals surface area contributed by atoms with Crippen LogP contribution in [-0.2, 0) is 9.53 Å². The number of aromatic nitrogens is 1. The Morgan fingerprint density at radius 2 is 2.20 bits per heavy atom. The van der Waals surface area contributed by atoms with Crippen molar-refractivity contribution in [3.05, 3.63) is 36.5 Å². The first kappa shape index (κ1) is 12.9. The van der Waals surface area contributed by atoms with Gasteiger partial charge in [-0.3, -0.25) is 9.78 Å². The van der Waals surface area contributed by atoms with Gasteiger partial charge in [0, 0.05) is 18.0 Å². The summed E-state index contributed by atoms with van der Waals surface area (Å²) in [5.74, 6) is 0.729. The SMILES string of the molecule is O=C1CCC(Oc2cccc3cccnc23)COCN1. The molecule has 2 aromatic rings. The van der Waals surface area contributed by atoms with Crippen molar-refractivity contribution in [2.24, 2.45) is 0 Å². The largest absolute Gasteiger partial charge is 0.486 e. The number of nitrogens with zero attached hydrogens (tertiary/aromatic N) is 1. The highest BCUT2D eigenvalue weighted by molar-refractivity contribution is 5.84.